The number of amides is 1. The molecular weight excluding hydrogens is 426 g/mol. The van der Waals surface area contributed by atoms with Crippen LogP contribution in [0.25, 0.3) is 21.3 Å². The Morgan fingerprint density at radius 3 is 2.62 bits per heavy atom. The van der Waals surface area contributed by atoms with Gasteiger partial charge in [-0.2, -0.15) is 0 Å². The summed E-state index contributed by atoms with van der Waals surface area (Å²) in [4.78, 5) is 32.0. The first-order chi connectivity index (χ1) is 15.5. The van der Waals surface area contributed by atoms with E-state index in [9.17, 15) is 9.59 Å². The zero-order valence-electron chi connectivity index (χ0n) is 18.0. The quantitative estimate of drug-likeness (QED) is 0.450. The van der Waals surface area contributed by atoms with Crippen molar-refractivity contribution in [3.8, 4) is 22.6 Å². The number of aromatic nitrogens is 2. The van der Waals surface area contributed by atoms with Crippen LogP contribution >= 0.6 is 11.3 Å². The monoisotopic (exact) mass is 449 g/mol. The smallest absolute Gasteiger partial charge is 0.263 e. The number of hydrogen-bond donors (Lipinski definition) is 1. The molecule has 2 aromatic carbocycles. The Bertz CT molecular complexity index is 1330. The number of hydrogen-bond acceptors (Lipinski definition) is 6. The molecule has 4 aromatic rings. The molecule has 0 saturated carbocycles. The van der Waals surface area contributed by atoms with Gasteiger partial charge in [-0.05, 0) is 43.7 Å². The summed E-state index contributed by atoms with van der Waals surface area (Å²) < 4.78 is 12.1. The lowest BCUT2D eigenvalue weighted by Gasteiger charge is -2.11. The van der Waals surface area contributed by atoms with Gasteiger partial charge in [-0.15, -0.1) is 11.3 Å². The average molecular weight is 450 g/mol. The van der Waals surface area contributed by atoms with Gasteiger partial charge in [0.2, 0.25) is 5.91 Å². The summed E-state index contributed by atoms with van der Waals surface area (Å²) >= 11 is 1.46. The highest BCUT2D eigenvalue weighted by molar-refractivity contribution is 7.19. The number of nitrogens with one attached hydrogen (secondary N) is 1. The lowest BCUT2D eigenvalue weighted by Crippen LogP contribution is -2.28. The maximum atomic E-state index is 13.3. The summed E-state index contributed by atoms with van der Waals surface area (Å²) in [5.41, 5.74) is 2.04. The molecule has 0 radical (unpaired) electrons. The molecule has 164 valence electrons. The Kier molecular flexibility index (Phi) is 6.23. The van der Waals surface area contributed by atoms with Crippen molar-refractivity contribution in [2.45, 2.75) is 20.4 Å². The highest BCUT2D eigenvalue weighted by Gasteiger charge is 2.18. The summed E-state index contributed by atoms with van der Waals surface area (Å²) in [6.45, 7) is 4.33. The van der Waals surface area contributed by atoms with Crippen LogP contribution in [0, 0.1) is 6.92 Å². The number of aryl methyl sites for hydroxylation is 1. The van der Waals surface area contributed by atoms with E-state index in [1.54, 1.807) is 18.2 Å². The zero-order valence-corrected chi connectivity index (χ0v) is 18.9. The summed E-state index contributed by atoms with van der Waals surface area (Å²) in [6, 6.07) is 14.8. The molecule has 0 aliphatic carbocycles. The molecule has 2 heterocycles. The molecule has 0 unspecified atom stereocenters. The van der Waals surface area contributed by atoms with E-state index in [1.165, 1.54) is 29.3 Å². The normalized spacial score (nSPS) is 10.8. The lowest BCUT2D eigenvalue weighted by atomic mass is 10.0. The number of carbonyl (C=O) groups excluding carboxylic acids is 1. The summed E-state index contributed by atoms with van der Waals surface area (Å²) in [6.07, 6.45) is 1.42. The van der Waals surface area contributed by atoms with Gasteiger partial charge in [-0.25, -0.2) is 4.98 Å². The Hall–Kier alpha value is -3.65. The second-order valence-electron chi connectivity index (χ2n) is 7.10. The van der Waals surface area contributed by atoms with Gasteiger partial charge in [0.1, 0.15) is 22.9 Å². The number of anilines is 1. The molecule has 1 N–H and O–H groups in total. The van der Waals surface area contributed by atoms with Crippen molar-refractivity contribution in [2.75, 3.05) is 19.0 Å². The fourth-order valence-electron chi connectivity index (χ4n) is 3.57. The Morgan fingerprint density at radius 2 is 1.91 bits per heavy atom. The van der Waals surface area contributed by atoms with Gasteiger partial charge in [0.25, 0.3) is 5.56 Å². The number of carbonyl (C=O) groups is 1. The molecule has 7 nitrogen and oxygen atoms in total. The van der Waals surface area contributed by atoms with Crippen LogP contribution in [0.1, 0.15) is 11.8 Å². The van der Waals surface area contributed by atoms with Crippen LogP contribution in [0.15, 0.2) is 59.7 Å². The largest absolute Gasteiger partial charge is 0.495 e. The second-order valence-corrected chi connectivity index (χ2v) is 8.30. The van der Waals surface area contributed by atoms with Crippen molar-refractivity contribution in [2.24, 2.45) is 0 Å². The van der Waals surface area contributed by atoms with Crippen molar-refractivity contribution in [3.05, 3.63) is 70.1 Å². The topological polar surface area (TPSA) is 82.5 Å². The minimum atomic E-state index is -0.340. The lowest BCUT2D eigenvalue weighted by molar-refractivity contribution is -0.116. The molecule has 0 saturated heterocycles. The highest BCUT2D eigenvalue weighted by Crippen LogP contribution is 2.36. The van der Waals surface area contributed by atoms with Crippen molar-refractivity contribution in [1.29, 1.82) is 0 Å². The Balaban J connectivity index is 1.67. The minimum absolute atomic E-state index is 0.155. The third kappa shape index (κ3) is 4.22. The molecule has 4 rings (SSSR count). The van der Waals surface area contributed by atoms with Gasteiger partial charge in [-0.3, -0.25) is 14.2 Å². The maximum Gasteiger partial charge on any atom is 0.263 e. The van der Waals surface area contributed by atoms with Crippen molar-refractivity contribution >= 4 is 33.1 Å². The van der Waals surface area contributed by atoms with Crippen LogP contribution in [-0.2, 0) is 11.3 Å². The maximum absolute atomic E-state index is 13.3. The zero-order chi connectivity index (χ0) is 22.7. The van der Waals surface area contributed by atoms with Crippen molar-refractivity contribution < 1.29 is 14.3 Å². The molecule has 8 heteroatoms. The number of benzene rings is 2. The van der Waals surface area contributed by atoms with Crippen LogP contribution < -0.4 is 20.3 Å². The van der Waals surface area contributed by atoms with E-state index in [-0.39, 0.29) is 18.0 Å². The highest BCUT2D eigenvalue weighted by atomic mass is 32.1. The number of methoxy groups -OCH3 is 1. The summed E-state index contributed by atoms with van der Waals surface area (Å²) in [5.74, 6) is 0.984. The molecule has 0 aliphatic heterocycles. The van der Waals surface area contributed by atoms with Gasteiger partial charge < -0.3 is 14.8 Å². The number of thiophene rings is 1. The van der Waals surface area contributed by atoms with Crippen LogP contribution in [0.3, 0.4) is 0 Å². The fraction of sp³-hybridized carbons (Fsp3) is 0.208. The fourth-order valence-corrected chi connectivity index (χ4v) is 4.58. The van der Waals surface area contributed by atoms with E-state index >= 15 is 0 Å². The minimum Gasteiger partial charge on any atom is -0.495 e. The van der Waals surface area contributed by atoms with Crippen LogP contribution in [0.2, 0.25) is 0 Å². The summed E-state index contributed by atoms with van der Waals surface area (Å²) in [5, 5.41) is 3.31. The Labute approximate surface area is 189 Å². The number of fused-ring (bicyclic) bond motifs is 1. The number of nitrogens with zero attached hydrogens (tertiary/aromatic N) is 2. The van der Waals surface area contributed by atoms with E-state index < -0.39 is 0 Å². The van der Waals surface area contributed by atoms with Crippen molar-refractivity contribution in [1.82, 2.24) is 9.55 Å². The van der Waals surface area contributed by atoms with Gasteiger partial charge >= 0.3 is 0 Å². The average Bonchev–Trinajstić information content (AvgIpc) is 3.13. The van der Waals surface area contributed by atoms with Crippen molar-refractivity contribution in [3.63, 3.8) is 0 Å². The number of rotatable bonds is 7. The van der Waals surface area contributed by atoms with Gasteiger partial charge in [0.15, 0.2) is 0 Å². The molecule has 0 atom stereocenters. The summed E-state index contributed by atoms with van der Waals surface area (Å²) in [7, 11) is 1.54. The molecule has 2 aromatic heterocycles. The number of para-hydroxylation sites is 2. The standard InChI is InChI=1S/C24H23N3O4S/c1-4-31-17-11-9-16(10-12-17)21-15(2)32-23-22(21)24(29)27(14-25-23)13-20(28)26-18-7-5-6-8-19(18)30-3/h5-12,14H,4,13H2,1-3H3,(H,26,28). The second kappa shape index (κ2) is 9.23. The predicted molar refractivity (Wildman–Crippen MR) is 127 cm³/mol. The van der Waals surface area contributed by atoms with Gasteiger partial charge in [-0.1, -0.05) is 24.3 Å². The van der Waals surface area contributed by atoms with E-state index in [1.807, 2.05) is 44.2 Å². The van der Waals surface area contributed by atoms with Crippen LogP contribution in [0.5, 0.6) is 11.5 Å². The van der Waals surface area contributed by atoms with E-state index in [2.05, 4.69) is 10.3 Å². The molecule has 0 bridgehead atoms. The van der Waals surface area contributed by atoms with Gasteiger partial charge in [0, 0.05) is 10.4 Å². The van der Waals surface area contributed by atoms with Crippen LogP contribution in [-0.4, -0.2) is 29.2 Å². The van der Waals surface area contributed by atoms with E-state index in [0.717, 1.165) is 21.8 Å². The third-order valence-corrected chi connectivity index (χ3v) is 6.02. The SMILES string of the molecule is CCOc1ccc(-c2c(C)sc3ncn(CC(=O)Nc4ccccc4OC)c(=O)c23)cc1. The molecule has 0 aliphatic rings. The molecular formula is C24H23N3O4S. The first-order valence-corrected chi connectivity index (χ1v) is 11.0. The number of ether oxygens (including phenoxy) is 2. The predicted octanol–water partition coefficient (Wildman–Crippen LogP) is 4.48. The first-order valence-electron chi connectivity index (χ1n) is 10.2. The molecule has 0 spiro atoms. The molecule has 1 amide bonds. The first kappa shape index (κ1) is 21.6. The third-order valence-electron chi connectivity index (χ3n) is 5.00. The van der Waals surface area contributed by atoms with Crippen LogP contribution in [0.4, 0.5) is 5.69 Å². The molecule has 32 heavy (non-hydrogen) atoms. The molecule has 0 fully saturated rings. The van der Waals surface area contributed by atoms with E-state index in [4.69, 9.17) is 9.47 Å². The Morgan fingerprint density at radius 1 is 1.16 bits per heavy atom. The van der Waals surface area contributed by atoms with E-state index in [0.29, 0.717) is 28.3 Å². The van der Waals surface area contributed by atoms with Gasteiger partial charge in [0.05, 0.1) is 31.1 Å².